The molecule has 2 N–H and O–H groups in total. The lowest BCUT2D eigenvalue weighted by atomic mass is 10.3. The van der Waals surface area contributed by atoms with E-state index in [0.29, 0.717) is 6.20 Å². The van der Waals surface area contributed by atoms with Crippen LogP contribution in [-0.2, 0) is 0 Å². The van der Waals surface area contributed by atoms with Gasteiger partial charge in [-0.25, -0.2) is 9.37 Å². The van der Waals surface area contributed by atoms with Gasteiger partial charge in [0, 0.05) is 0 Å². The fraction of sp³-hybridized carbons (Fsp3) is 0.375. The van der Waals surface area contributed by atoms with Gasteiger partial charge in [0.05, 0.1) is 10.7 Å². The molecule has 3 nitrogen and oxygen atoms in total. The van der Waals surface area contributed by atoms with Crippen molar-refractivity contribution >= 4 is 21.7 Å². The highest BCUT2D eigenvalue weighted by Gasteiger charge is 2.59. The number of ether oxygens (including phenoxy) is 1. The number of hydrogen-bond acceptors (Lipinski definition) is 3. The molecule has 0 aromatic carbocycles. The maximum absolute atomic E-state index is 12.8. The first kappa shape index (κ1) is 14.9. The summed E-state index contributed by atoms with van der Waals surface area (Å²) in [5.41, 5.74) is 5.23. The zero-order valence-electron chi connectivity index (χ0n) is 8.31. The van der Waals surface area contributed by atoms with Gasteiger partial charge < -0.3 is 10.5 Å². The first-order valence-corrected chi connectivity index (χ1v) is 5.02. The minimum atomic E-state index is -5.73. The van der Waals surface area contributed by atoms with E-state index in [1.54, 1.807) is 0 Å². The van der Waals surface area contributed by atoms with Crippen LogP contribution < -0.4 is 10.5 Å². The van der Waals surface area contributed by atoms with E-state index in [1.165, 1.54) is 0 Å². The van der Waals surface area contributed by atoms with Crippen LogP contribution in [0.15, 0.2) is 16.7 Å². The number of aromatic nitrogens is 1. The average Bonchev–Trinajstić information content (AvgIpc) is 2.20. The molecule has 0 bridgehead atoms. The Morgan fingerprint density at radius 2 is 1.83 bits per heavy atom. The molecule has 10 heteroatoms. The summed E-state index contributed by atoms with van der Waals surface area (Å²) >= 11 is 2.80. The van der Waals surface area contributed by atoms with Crippen LogP contribution in [0.3, 0.4) is 0 Å². The summed E-state index contributed by atoms with van der Waals surface area (Å²) in [7, 11) is 0. The van der Waals surface area contributed by atoms with Gasteiger partial charge in [0.15, 0.2) is 0 Å². The lowest BCUT2D eigenvalue weighted by Gasteiger charge is -2.22. The number of anilines is 1. The van der Waals surface area contributed by atoms with Gasteiger partial charge in [-0.2, -0.15) is 22.0 Å². The molecule has 1 heterocycles. The van der Waals surface area contributed by atoms with Crippen LogP contribution in [0.5, 0.6) is 5.75 Å². The molecule has 0 spiro atoms. The molecule has 0 saturated heterocycles. The van der Waals surface area contributed by atoms with Crippen molar-refractivity contribution in [1.82, 2.24) is 4.98 Å². The molecule has 0 amide bonds. The predicted octanol–water partition coefficient (Wildman–Crippen LogP) is 3.30. The Labute approximate surface area is 105 Å². The Hall–Kier alpha value is -1.19. The van der Waals surface area contributed by atoms with Crippen molar-refractivity contribution in [3.8, 4) is 5.75 Å². The molecule has 1 unspecified atom stereocenters. The third-order valence-electron chi connectivity index (χ3n) is 1.68. The number of nitrogen functional groups attached to an aromatic ring is 1. The smallest absolute Gasteiger partial charge is 0.428 e. The first-order chi connectivity index (χ1) is 8.04. The normalized spacial score (nSPS) is 14.4. The number of hydrogen-bond donors (Lipinski definition) is 1. The highest BCUT2D eigenvalue weighted by atomic mass is 79.9. The summed E-state index contributed by atoms with van der Waals surface area (Å²) in [6.45, 7) is 0. The molecule has 1 rings (SSSR count). The molecule has 1 aromatic heterocycles. The highest BCUT2D eigenvalue weighted by molar-refractivity contribution is 9.10. The van der Waals surface area contributed by atoms with E-state index in [0.717, 1.165) is 6.07 Å². The third kappa shape index (κ3) is 3.40. The molecular weight excluding hydrogens is 334 g/mol. The molecule has 0 saturated carbocycles. The van der Waals surface area contributed by atoms with E-state index >= 15 is 0 Å². The number of halogens is 7. The second-order valence-corrected chi connectivity index (χ2v) is 3.96. The minimum absolute atomic E-state index is 0.0261. The van der Waals surface area contributed by atoms with Gasteiger partial charge in [-0.15, -0.1) is 0 Å². The van der Waals surface area contributed by atoms with Gasteiger partial charge in [-0.3, -0.25) is 0 Å². The van der Waals surface area contributed by atoms with Crippen LogP contribution in [0, 0.1) is 0 Å². The SMILES string of the molecule is Nc1ncc(OC(F)(F)C(F)C(F)(F)F)cc1Br. The topological polar surface area (TPSA) is 48.1 Å². The monoisotopic (exact) mass is 338 g/mol. The molecule has 0 aliphatic carbocycles. The third-order valence-corrected chi connectivity index (χ3v) is 2.32. The quantitative estimate of drug-likeness (QED) is 0.860. The Morgan fingerprint density at radius 3 is 2.28 bits per heavy atom. The largest absolute Gasteiger partial charge is 0.439 e. The predicted molar refractivity (Wildman–Crippen MR) is 52.9 cm³/mol. The summed E-state index contributed by atoms with van der Waals surface area (Å²) in [6, 6.07) is 0.847. The Morgan fingerprint density at radius 1 is 1.28 bits per heavy atom. The summed E-state index contributed by atoms with van der Waals surface area (Å²) in [6.07, 6.45) is -14.6. The molecule has 1 atom stereocenters. The zero-order chi connectivity index (χ0) is 14.1. The van der Waals surface area contributed by atoms with E-state index in [2.05, 4.69) is 25.7 Å². The summed E-state index contributed by atoms with van der Waals surface area (Å²) < 4.78 is 77.3. The molecule has 0 radical (unpaired) electrons. The van der Waals surface area contributed by atoms with Gasteiger partial charge in [-0.05, 0) is 22.0 Å². The summed E-state index contributed by atoms with van der Waals surface area (Å²) in [5, 5.41) is 0. The van der Waals surface area contributed by atoms with Crippen molar-refractivity contribution < 1.29 is 31.1 Å². The fourth-order valence-electron chi connectivity index (χ4n) is 0.886. The van der Waals surface area contributed by atoms with Gasteiger partial charge in [0.2, 0.25) is 0 Å². The van der Waals surface area contributed by atoms with Gasteiger partial charge >= 0.3 is 12.3 Å². The second kappa shape index (κ2) is 4.82. The van der Waals surface area contributed by atoms with E-state index in [4.69, 9.17) is 5.73 Å². The molecule has 0 aliphatic heterocycles. The van der Waals surface area contributed by atoms with Gasteiger partial charge in [0.25, 0.3) is 6.17 Å². The summed E-state index contributed by atoms with van der Waals surface area (Å²) in [4.78, 5) is 3.35. The molecular formula is C8H5BrF6N2O. The standard InChI is InChI=1S/C8H5BrF6N2O/c9-4-1-3(2-17-5(4)16)18-8(14,15)6(10)7(11,12)13/h1-2,6H,(H2,16,17). The van der Waals surface area contributed by atoms with Crippen LogP contribution in [0.25, 0.3) is 0 Å². The van der Waals surface area contributed by atoms with Crippen molar-refractivity contribution in [3.05, 3.63) is 16.7 Å². The van der Waals surface area contributed by atoms with Crippen LogP contribution in [0.4, 0.5) is 32.2 Å². The number of nitrogens with zero attached hydrogens (tertiary/aromatic N) is 1. The van der Waals surface area contributed by atoms with Crippen molar-refractivity contribution in [2.75, 3.05) is 5.73 Å². The average molecular weight is 339 g/mol. The first-order valence-electron chi connectivity index (χ1n) is 4.22. The molecule has 102 valence electrons. The van der Waals surface area contributed by atoms with E-state index in [1.807, 2.05) is 0 Å². The van der Waals surface area contributed by atoms with Crippen LogP contribution >= 0.6 is 15.9 Å². The Balaban J connectivity index is 2.91. The maximum atomic E-state index is 12.8. The summed E-state index contributed by atoms with van der Waals surface area (Å²) in [5.74, 6) is -0.841. The fourth-order valence-corrected chi connectivity index (χ4v) is 1.21. The van der Waals surface area contributed by atoms with Crippen LogP contribution in [0.1, 0.15) is 0 Å². The number of rotatable bonds is 3. The molecule has 0 fully saturated rings. The molecule has 1 aromatic rings. The van der Waals surface area contributed by atoms with E-state index in [-0.39, 0.29) is 10.3 Å². The van der Waals surface area contributed by atoms with E-state index < -0.39 is 24.2 Å². The number of pyridine rings is 1. The molecule has 18 heavy (non-hydrogen) atoms. The zero-order valence-corrected chi connectivity index (χ0v) is 9.90. The molecule has 0 aliphatic rings. The maximum Gasteiger partial charge on any atom is 0.439 e. The minimum Gasteiger partial charge on any atom is -0.428 e. The lowest BCUT2D eigenvalue weighted by molar-refractivity contribution is -0.305. The lowest BCUT2D eigenvalue weighted by Crippen LogP contribution is -2.45. The second-order valence-electron chi connectivity index (χ2n) is 3.11. The van der Waals surface area contributed by atoms with Crippen molar-refractivity contribution in [3.63, 3.8) is 0 Å². The van der Waals surface area contributed by atoms with Gasteiger partial charge in [0.1, 0.15) is 11.6 Å². The van der Waals surface area contributed by atoms with Crippen molar-refractivity contribution in [2.24, 2.45) is 0 Å². The van der Waals surface area contributed by atoms with Gasteiger partial charge in [-0.1, -0.05) is 0 Å². The number of nitrogens with two attached hydrogens (primary N) is 1. The van der Waals surface area contributed by atoms with Crippen molar-refractivity contribution in [2.45, 2.75) is 18.5 Å². The highest BCUT2D eigenvalue weighted by Crippen LogP contribution is 2.37. The van der Waals surface area contributed by atoms with Crippen molar-refractivity contribution in [1.29, 1.82) is 0 Å². The Kier molecular flexibility index (Phi) is 3.99. The van der Waals surface area contributed by atoms with Crippen LogP contribution in [0.2, 0.25) is 0 Å². The van der Waals surface area contributed by atoms with Crippen LogP contribution in [-0.4, -0.2) is 23.4 Å². The Bertz CT molecular complexity index is 438. The van der Waals surface area contributed by atoms with E-state index in [9.17, 15) is 26.3 Å². The number of alkyl halides is 6.